The van der Waals surface area contributed by atoms with Gasteiger partial charge >= 0.3 is 5.97 Å². The quantitative estimate of drug-likeness (QED) is 0.744. The Labute approximate surface area is 148 Å². The summed E-state index contributed by atoms with van der Waals surface area (Å²) >= 11 is 12.3. The summed E-state index contributed by atoms with van der Waals surface area (Å²) in [5.41, 5.74) is 2.16. The summed E-state index contributed by atoms with van der Waals surface area (Å²) in [6, 6.07) is 10.2. The highest BCUT2D eigenvalue weighted by molar-refractivity contribution is 6.35. The maximum Gasteiger partial charge on any atom is 0.335 e. The van der Waals surface area contributed by atoms with Crippen molar-refractivity contribution >= 4 is 40.2 Å². The van der Waals surface area contributed by atoms with Crippen molar-refractivity contribution < 1.29 is 9.90 Å². The van der Waals surface area contributed by atoms with Crippen LogP contribution in [0.15, 0.2) is 36.4 Å². The van der Waals surface area contributed by atoms with Crippen LogP contribution in [0.5, 0.6) is 0 Å². The Balaban J connectivity index is 1.97. The number of carboxylic acids is 1. The molecule has 0 aliphatic heterocycles. The van der Waals surface area contributed by atoms with E-state index in [0.29, 0.717) is 22.1 Å². The van der Waals surface area contributed by atoms with Crippen LogP contribution in [-0.2, 0) is 12.0 Å². The summed E-state index contributed by atoms with van der Waals surface area (Å²) in [6.07, 6.45) is 0. The van der Waals surface area contributed by atoms with Crippen molar-refractivity contribution in [3.05, 3.63) is 57.6 Å². The monoisotopic (exact) mass is 363 g/mol. The van der Waals surface area contributed by atoms with Gasteiger partial charge in [0.2, 0.25) is 0 Å². The fraction of sp³-hybridized carbons (Fsp3) is 0.235. The number of fused-ring (bicyclic) bond motifs is 1. The molecule has 0 spiro atoms. The van der Waals surface area contributed by atoms with Crippen LogP contribution in [0.2, 0.25) is 10.0 Å². The van der Waals surface area contributed by atoms with Crippen LogP contribution in [-0.4, -0.2) is 26.1 Å². The lowest BCUT2D eigenvalue weighted by Gasteiger charge is -2.26. The molecule has 124 valence electrons. The minimum Gasteiger partial charge on any atom is -0.478 e. The second-order valence-electron chi connectivity index (χ2n) is 6.26. The number of hydrogen-bond donors (Lipinski definition) is 1. The molecular weight excluding hydrogens is 349 g/mol. The van der Waals surface area contributed by atoms with Crippen molar-refractivity contribution in [1.29, 1.82) is 0 Å². The van der Waals surface area contributed by atoms with Gasteiger partial charge in [0.1, 0.15) is 5.52 Å². The van der Waals surface area contributed by atoms with Gasteiger partial charge in [-0.15, -0.1) is 5.10 Å². The Kier molecular flexibility index (Phi) is 4.24. The molecule has 2 aromatic carbocycles. The highest BCUT2D eigenvalue weighted by Gasteiger charge is 2.25. The zero-order valence-electron chi connectivity index (χ0n) is 13.1. The largest absolute Gasteiger partial charge is 0.478 e. The molecule has 7 heteroatoms. The predicted molar refractivity (Wildman–Crippen MR) is 94.0 cm³/mol. The van der Waals surface area contributed by atoms with E-state index < -0.39 is 5.97 Å². The Morgan fingerprint density at radius 3 is 2.62 bits per heavy atom. The van der Waals surface area contributed by atoms with Crippen molar-refractivity contribution in [1.82, 2.24) is 15.0 Å². The fourth-order valence-electron chi connectivity index (χ4n) is 2.72. The number of aromatic carboxylic acids is 1. The third kappa shape index (κ3) is 3.09. The first-order valence-electron chi connectivity index (χ1n) is 7.30. The molecule has 0 fully saturated rings. The van der Waals surface area contributed by atoms with Gasteiger partial charge in [-0.1, -0.05) is 48.3 Å². The van der Waals surface area contributed by atoms with Crippen LogP contribution < -0.4 is 0 Å². The van der Waals surface area contributed by atoms with E-state index in [9.17, 15) is 4.79 Å². The van der Waals surface area contributed by atoms with Gasteiger partial charge in [-0.3, -0.25) is 0 Å². The molecule has 0 unspecified atom stereocenters. The van der Waals surface area contributed by atoms with E-state index >= 15 is 0 Å². The zero-order chi connectivity index (χ0) is 17.5. The molecule has 0 aliphatic carbocycles. The molecule has 0 saturated carbocycles. The van der Waals surface area contributed by atoms with Crippen molar-refractivity contribution in [2.75, 3.05) is 0 Å². The summed E-state index contributed by atoms with van der Waals surface area (Å²) in [4.78, 5) is 11.0. The number of hydrogen-bond acceptors (Lipinski definition) is 3. The number of halogens is 2. The SMILES string of the molecule is CC(C)(Cn1nnc2cc(C(=O)O)ccc21)c1ccc(Cl)cc1Cl. The molecular formula is C17H15Cl2N3O2. The minimum atomic E-state index is -0.986. The molecule has 0 saturated heterocycles. The van der Waals surface area contributed by atoms with E-state index in [1.165, 1.54) is 6.07 Å². The second-order valence-corrected chi connectivity index (χ2v) is 7.11. The molecule has 0 amide bonds. The Hall–Kier alpha value is -2.11. The van der Waals surface area contributed by atoms with Crippen molar-refractivity contribution in [2.45, 2.75) is 25.8 Å². The molecule has 0 bridgehead atoms. The van der Waals surface area contributed by atoms with Gasteiger partial charge in [0, 0.05) is 15.5 Å². The average molecular weight is 364 g/mol. The smallest absolute Gasteiger partial charge is 0.335 e. The summed E-state index contributed by atoms with van der Waals surface area (Å²) < 4.78 is 1.76. The molecule has 1 N–H and O–H groups in total. The maximum atomic E-state index is 11.0. The molecule has 3 rings (SSSR count). The van der Waals surface area contributed by atoms with Crippen LogP contribution in [0.3, 0.4) is 0 Å². The van der Waals surface area contributed by atoms with Crippen molar-refractivity contribution in [3.8, 4) is 0 Å². The standard InChI is InChI=1S/C17H15Cl2N3O2/c1-17(2,12-5-4-11(18)8-13(12)19)9-22-15-6-3-10(16(23)24)7-14(15)20-21-22/h3-8H,9H2,1-2H3,(H,23,24). The molecule has 1 aromatic heterocycles. The van der Waals surface area contributed by atoms with E-state index in [2.05, 4.69) is 24.2 Å². The molecule has 5 nitrogen and oxygen atoms in total. The lowest BCUT2D eigenvalue weighted by molar-refractivity contribution is 0.0697. The highest BCUT2D eigenvalue weighted by atomic mass is 35.5. The third-order valence-electron chi connectivity index (χ3n) is 3.97. The Morgan fingerprint density at radius 1 is 1.21 bits per heavy atom. The molecule has 0 atom stereocenters. The summed E-state index contributed by atoms with van der Waals surface area (Å²) in [5.74, 6) is -0.986. The highest BCUT2D eigenvalue weighted by Crippen LogP contribution is 2.33. The van der Waals surface area contributed by atoms with Crippen LogP contribution >= 0.6 is 23.2 Å². The van der Waals surface area contributed by atoms with Gasteiger partial charge in [0.25, 0.3) is 0 Å². The number of rotatable bonds is 4. The van der Waals surface area contributed by atoms with E-state index in [1.807, 2.05) is 12.1 Å². The van der Waals surface area contributed by atoms with Crippen LogP contribution in [0.1, 0.15) is 29.8 Å². The Morgan fingerprint density at radius 2 is 1.96 bits per heavy atom. The van der Waals surface area contributed by atoms with E-state index in [-0.39, 0.29) is 11.0 Å². The average Bonchev–Trinajstić information content (AvgIpc) is 2.88. The second kappa shape index (κ2) is 6.07. The first-order valence-corrected chi connectivity index (χ1v) is 8.05. The Bertz CT molecular complexity index is 935. The number of carbonyl (C=O) groups is 1. The van der Waals surface area contributed by atoms with Gasteiger partial charge in [0.05, 0.1) is 17.6 Å². The van der Waals surface area contributed by atoms with Crippen molar-refractivity contribution in [3.63, 3.8) is 0 Å². The summed E-state index contributed by atoms with van der Waals surface area (Å²) in [7, 11) is 0. The molecule has 1 heterocycles. The molecule has 24 heavy (non-hydrogen) atoms. The third-order valence-corrected chi connectivity index (χ3v) is 4.51. The lowest BCUT2D eigenvalue weighted by atomic mass is 9.84. The number of carboxylic acid groups (broad SMARTS) is 1. The first kappa shape index (κ1) is 16.7. The molecule has 0 radical (unpaired) electrons. The zero-order valence-corrected chi connectivity index (χ0v) is 14.6. The van der Waals surface area contributed by atoms with E-state index in [4.69, 9.17) is 28.3 Å². The summed E-state index contributed by atoms with van der Waals surface area (Å²) in [5, 5.41) is 18.5. The van der Waals surface area contributed by atoms with E-state index in [1.54, 1.807) is 22.9 Å². The molecule has 3 aromatic rings. The van der Waals surface area contributed by atoms with Gasteiger partial charge in [-0.2, -0.15) is 0 Å². The van der Waals surface area contributed by atoms with Crippen molar-refractivity contribution in [2.24, 2.45) is 0 Å². The topological polar surface area (TPSA) is 68.0 Å². The normalized spacial score (nSPS) is 11.8. The lowest BCUT2D eigenvalue weighted by Crippen LogP contribution is -2.25. The fourth-order valence-corrected chi connectivity index (χ4v) is 3.38. The predicted octanol–water partition coefficient (Wildman–Crippen LogP) is 4.41. The number of aromatic nitrogens is 3. The minimum absolute atomic E-state index is 0.189. The summed E-state index contributed by atoms with van der Waals surface area (Å²) in [6.45, 7) is 4.65. The van der Waals surface area contributed by atoms with Gasteiger partial charge < -0.3 is 5.11 Å². The first-order chi connectivity index (χ1) is 11.3. The van der Waals surface area contributed by atoms with Crippen LogP contribution in [0.4, 0.5) is 0 Å². The van der Waals surface area contributed by atoms with Gasteiger partial charge in [0.15, 0.2) is 0 Å². The number of nitrogens with zero attached hydrogens (tertiary/aromatic N) is 3. The molecule has 0 aliphatic rings. The van der Waals surface area contributed by atoms with Gasteiger partial charge in [-0.25, -0.2) is 9.48 Å². The number of benzene rings is 2. The maximum absolute atomic E-state index is 11.0. The van der Waals surface area contributed by atoms with Gasteiger partial charge in [-0.05, 0) is 35.9 Å². The van der Waals surface area contributed by atoms with Crippen LogP contribution in [0, 0.1) is 0 Å². The van der Waals surface area contributed by atoms with E-state index in [0.717, 1.165) is 11.1 Å². The van der Waals surface area contributed by atoms with Crippen LogP contribution in [0.25, 0.3) is 11.0 Å².